The predicted octanol–water partition coefficient (Wildman–Crippen LogP) is 4.32. The molecule has 10 nitrogen and oxygen atoms in total. The van der Waals surface area contributed by atoms with Gasteiger partial charge in [-0.15, -0.1) is 0 Å². The van der Waals surface area contributed by atoms with Crippen LogP contribution in [0.3, 0.4) is 0 Å². The van der Waals surface area contributed by atoms with Gasteiger partial charge in [0.1, 0.15) is 23.9 Å². The number of ether oxygens (including phenoxy) is 2. The first-order chi connectivity index (χ1) is 14.6. The lowest BCUT2D eigenvalue weighted by Gasteiger charge is -2.33. The Morgan fingerprint density at radius 2 is 2.06 bits per heavy atom. The van der Waals surface area contributed by atoms with Gasteiger partial charge in [-0.1, -0.05) is 19.9 Å². The second-order valence-electron chi connectivity index (χ2n) is 8.82. The number of amides is 1. The van der Waals surface area contributed by atoms with Gasteiger partial charge in [-0.05, 0) is 44.3 Å². The summed E-state index contributed by atoms with van der Waals surface area (Å²) in [5.74, 6) is -0.279. The summed E-state index contributed by atoms with van der Waals surface area (Å²) in [6, 6.07) is -0.763. The van der Waals surface area contributed by atoms with Gasteiger partial charge in [-0.3, -0.25) is 9.69 Å². The maximum atomic E-state index is 13.3. The maximum absolute atomic E-state index is 13.3. The SMILES string of the molecule is CC[C@@H]1[C@@H](C)[C@@H](OC(C)=O)[C@H](C2=CCc3c(N=[N+]=[N-])ncnc32)N1C(=O)OC(C)(C)C. The van der Waals surface area contributed by atoms with Crippen LogP contribution in [0.1, 0.15) is 59.2 Å². The standard InChI is InChI=1S/C21H28N6O4/c1-7-15-11(2)18(30-12(3)28)17(27(15)20(29)31-21(4,5)6)13-8-9-14-16(13)23-10-24-19(14)25-26-22/h8,10-11,15,17-18H,7,9H2,1-6H3/t11-,15-,17+,18-/m1/s1. The van der Waals surface area contributed by atoms with E-state index in [4.69, 9.17) is 15.0 Å². The van der Waals surface area contributed by atoms with Crippen LogP contribution >= 0.6 is 0 Å². The first-order valence-corrected chi connectivity index (χ1v) is 10.4. The number of fused-ring (bicyclic) bond motifs is 1. The van der Waals surface area contributed by atoms with E-state index in [1.807, 2.05) is 40.7 Å². The number of hydrogen-bond donors (Lipinski definition) is 0. The monoisotopic (exact) mass is 428 g/mol. The number of allylic oxidation sites excluding steroid dienone is 1. The summed E-state index contributed by atoms with van der Waals surface area (Å²) in [6.45, 7) is 10.8. The van der Waals surface area contributed by atoms with Crippen molar-refractivity contribution in [3.63, 3.8) is 0 Å². The number of aromatic nitrogens is 2. The van der Waals surface area contributed by atoms with E-state index in [1.165, 1.54) is 13.3 Å². The normalized spacial score (nSPS) is 24.8. The third-order valence-corrected chi connectivity index (χ3v) is 5.60. The second-order valence-corrected chi connectivity index (χ2v) is 8.82. The molecule has 0 unspecified atom stereocenters. The zero-order valence-electron chi connectivity index (χ0n) is 18.7. The lowest BCUT2D eigenvalue weighted by Crippen LogP contribution is -2.46. The number of hydrogen-bond acceptors (Lipinski definition) is 7. The summed E-state index contributed by atoms with van der Waals surface area (Å²) in [6.07, 6.45) is 3.35. The summed E-state index contributed by atoms with van der Waals surface area (Å²) in [4.78, 5) is 38.2. The van der Waals surface area contributed by atoms with E-state index in [0.29, 0.717) is 24.1 Å². The Kier molecular flexibility index (Phi) is 6.22. The Balaban J connectivity index is 2.11. The van der Waals surface area contributed by atoms with Gasteiger partial charge < -0.3 is 9.47 Å². The summed E-state index contributed by atoms with van der Waals surface area (Å²) in [5, 5.41) is 3.66. The van der Waals surface area contributed by atoms with E-state index >= 15 is 0 Å². The van der Waals surface area contributed by atoms with Gasteiger partial charge in [0.2, 0.25) is 0 Å². The largest absolute Gasteiger partial charge is 0.460 e. The van der Waals surface area contributed by atoms with E-state index in [-0.39, 0.29) is 17.8 Å². The third-order valence-electron chi connectivity index (χ3n) is 5.60. The van der Waals surface area contributed by atoms with Crippen molar-refractivity contribution in [2.45, 2.75) is 78.2 Å². The van der Waals surface area contributed by atoms with Crippen LogP contribution in [-0.2, 0) is 20.7 Å². The fourth-order valence-corrected chi connectivity index (χ4v) is 4.48. The minimum absolute atomic E-state index is 0.116. The van der Waals surface area contributed by atoms with Crippen LogP contribution in [0.25, 0.3) is 16.0 Å². The molecular formula is C21H28N6O4. The molecule has 1 saturated heterocycles. The topological polar surface area (TPSA) is 130 Å². The van der Waals surface area contributed by atoms with Crippen molar-refractivity contribution in [3.05, 3.63) is 34.1 Å². The molecule has 0 bridgehead atoms. The molecule has 1 aliphatic heterocycles. The molecule has 1 aromatic heterocycles. The average molecular weight is 428 g/mol. The molecule has 2 heterocycles. The highest BCUT2D eigenvalue weighted by molar-refractivity contribution is 5.82. The highest BCUT2D eigenvalue weighted by Gasteiger charge is 2.53. The Morgan fingerprint density at radius 1 is 1.35 bits per heavy atom. The molecule has 1 aromatic rings. The molecule has 166 valence electrons. The highest BCUT2D eigenvalue weighted by atomic mass is 16.6. The molecule has 0 N–H and O–H groups in total. The van der Waals surface area contributed by atoms with E-state index in [0.717, 1.165) is 5.57 Å². The molecule has 31 heavy (non-hydrogen) atoms. The van der Waals surface area contributed by atoms with Crippen LogP contribution < -0.4 is 0 Å². The number of rotatable bonds is 4. The first-order valence-electron chi connectivity index (χ1n) is 10.4. The van der Waals surface area contributed by atoms with Gasteiger partial charge in [0, 0.05) is 34.9 Å². The fraction of sp³-hybridized carbons (Fsp3) is 0.619. The smallest absolute Gasteiger partial charge is 0.411 e. The molecule has 0 aromatic carbocycles. The van der Waals surface area contributed by atoms with Crippen LogP contribution in [0.5, 0.6) is 0 Å². The Hall–Kier alpha value is -3.13. The van der Waals surface area contributed by atoms with Gasteiger partial charge >= 0.3 is 12.1 Å². The number of carbonyl (C=O) groups excluding carboxylic acids is 2. The lowest BCUT2D eigenvalue weighted by molar-refractivity contribution is -0.148. The Labute approximate surface area is 181 Å². The minimum Gasteiger partial charge on any atom is -0.460 e. The second kappa shape index (κ2) is 8.55. The van der Waals surface area contributed by atoms with Crippen LogP contribution in [0, 0.1) is 5.92 Å². The van der Waals surface area contributed by atoms with E-state index < -0.39 is 29.8 Å². The predicted molar refractivity (Wildman–Crippen MR) is 113 cm³/mol. The van der Waals surface area contributed by atoms with Crippen LogP contribution in [-0.4, -0.2) is 50.7 Å². The molecule has 0 saturated carbocycles. The maximum Gasteiger partial charge on any atom is 0.411 e. The zero-order valence-corrected chi connectivity index (χ0v) is 18.7. The van der Waals surface area contributed by atoms with Crippen molar-refractivity contribution in [2.24, 2.45) is 11.0 Å². The quantitative estimate of drug-likeness (QED) is 0.304. The van der Waals surface area contributed by atoms with Crippen LogP contribution in [0.4, 0.5) is 10.6 Å². The number of azide groups is 1. The fourth-order valence-electron chi connectivity index (χ4n) is 4.48. The number of nitrogens with zero attached hydrogens (tertiary/aromatic N) is 6. The van der Waals surface area contributed by atoms with Crippen molar-refractivity contribution >= 4 is 23.5 Å². The summed E-state index contributed by atoms with van der Waals surface area (Å²) >= 11 is 0. The van der Waals surface area contributed by atoms with Gasteiger partial charge in [0.05, 0.1) is 11.7 Å². The summed E-state index contributed by atoms with van der Waals surface area (Å²) < 4.78 is 11.4. The minimum atomic E-state index is -0.679. The summed E-state index contributed by atoms with van der Waals surface area (Å²) in [7, 11) is 0. The van der Waals surface area contributed by atoms with E-state index in [9.17, 15) is 9.59 Å². The molecule has 1 aliphatic carbocycles. The number of likely N-dealkylation sites (tertiary alicyclic amines) is 1. The van der Waals surface area contributed by atoms with Gasteiger partial charge in [-0.2, -0.15) is 0 Å². The van der Waals surface area contributed by atoms with E-state index in [2.05, 4.69) is 20.0 Å². The molecule has 0 spiro atoms. The first kappa shape index (κ1) is 22.6. The number of carbonyl (C=O) groups is 2. The molecular weight excluding hydrogens is 400 g/mol. The molecule has 10 heteroatoms. The lowest BCUT2D eigenvalue weighted by atomic mass is 9.93. The zero-order chi connectivity index (χ0) is 22.9. The molecule has 1 fully saturated rings. The van der Waals surface area contributed by atoms with Crippen LogP contribution in [0.15, 0.2) is 17.5 Å². The van der Waals surface area contributed by atoms with E-state index in [1.54, 1.807) is 4.90 Å². The van der Waals surface area contributed by atoms with Gasteiger partial charge in [-0.25, -0.2) is 14.8 Å². The average Bonchev–Trinajstić information content (AvgIpc) is 3.20. The van der Waals surface area contributed by atoms with Crippen molar-refractivity contribution in [3.8, 4) is 0 Å². The molecule has 3 rings (SSSR count). The molecule has 2 aliphatic rings. The Morgan fingerprint density at radius 3 is 2.65 bits per heavy atom. The van der Waals surface area contributed by atoms with Crippen molar-refractivity contribution in [1.82, 2.24) is 14.9 Å². The Bertz CT molecular complexity index is 963. The number of esters is 1. The van der Waals surface area contributed by atoms with Crippen molar-refractivity contribution in [2.75, 3.05) is 0 Å². The van der Waals surface area contributed by atoms with Gasteiger partial charge in [0.15, 0.2) is 0 Å². The van der Waals surface area contributed by atoms with Crippen molar-refractivity contribution < 1.29 is 19.1 Å². The van der Waals surface area contributed by atoms with Crippen LogP contribution in [0.2, 0.25) is 0 Å². The molecule has 1 amide bonds. The molecule has 4 atom stereocenters. The summed E-state index contributed by atoms with van der Waals surface area (Å²) in [5.41, 5.74) is 10.2. The van der Waals surface area contributed by atoms with Crippen molar-refractivity contribution in [1.29, 1.82) is 0 Å². The van der Waals surface area contributed by atoms with Gasteiger partial charge in [0.25, 0.3) is 0 Å². The third kappa shape index (κ3) is 4.34. The highest BCUT2D eigenvalue weighted by Crippen LogP contribution is 2.44. The molecule has 0 radical (unpaired) electrons.